The second-order valence-electron chi connectivity index (χ2n) is 5.67. The molecule has 0 amide bonds. The minimum Gasteiger partial charge on any atom is -0.376 e. The van der Waals surface area contributed by atoms with Crippen LogP contribution in [0.15, 0.2) is 12.1 Å². The number of nitrogens with two attached hydrogens (primary N) is 1. The topological polar surface area (TPSA) is 60.2 Å². The number of aryl methyl sites for hydroxylation is 2. The molecule has 1 aliphatic heterocycles. The first kappa shape index (κ1) is 12.1. The first-order valence-corrected chi connectivity index (χ1v) is 7.39. The van der Waals surface area contributed by atoms with Crippen LogP contribution in [0.5, 0.6) is 0 Å². The van der Waals surface area contributed by atoms with Crippen LogP contribution in [-0.2, 0) is 30.6 Å². The van der Waals surface area contributed by atoms with Crippen molar-refractivity contribution in [2.45, 2.75) is 38.7 Å². The summed E-state index contributed by atoms with van der Waals surface area (Å²) in [6.45, 7) is 1.36. The lowest BCUT2D eigenvalue weighted by Gasteiger charge is -2.23. The van der Waals surface area contributed by atoms with E-state index in [0.29, 0.717) is 6.61 Å². The molecule has 4 rings (SSSR count). The Labute approximate surface area is 118 Å². The lowest BCUT2D eigenvalue weighted by atomic mass is 9.88. The standard InChI is InChI=1S/C16H19N3O/c17-19-16-12-6-5-10-3-1-2-4-11(10)15(12)18-14-7-8-20-9-13(14)16/h5-6H,1-4,7-9,17H2,(H,18,19). The van der Waals surface area contributed by atoms with Crippen LogP contribution >= 0.6 is 0 Å². The molecule has 1 aromatic heterocycles. The molecule has 0 radical (unpaired) electrons. The molecular weight excluding hydrogens is 250 g/mol. The van der Waals surface area contributed by atoms with Gasteiger partial charge in [0.15, 0.2) is 0 Å². The number of fused-ring (bicyclic) bond motifs is 4. The quantitative estimate of drug-likeness (QED) is 0.617. The van der Waals surface area contributed by atoms with E-state index in [0.717, 1.165) is 47.3 Å². The van der Waals surface area contributed by atoms with Crippen LogP contribution in [0.2, 0.25) is 0 Å². The van der Waals surface area contributed by atoms with Gasteiger partial charge in [-0.25, -0.2) is 0 Å². The van der Waals surface area contributed by atoms with Gasteiger partial charge >= 0.3 is 0 Å². The molecule has 4 nitrogen and oxygen atoms in total. The van der Waals surface area contributed by atoms with E-state index in [4.69, 9.17) is 15.6 Å². The van der Waals surface area contributed by atoms with Crippen LogP contribution in [0.1, 0.15) is 35.2 Å². The molecule has 20 heavy (non-hydrogen) atoms. The van der Waals surface area contributed by atoms with Crippen LogP contribution in [0.4, 0.5) is 5.69 Å². The number of hydrogen-bond acceptors (Lipinski definition) is 4. The number of nitrogen functional groups attached to an aromatic ring is 1. The Morgan fingerprint density at radius 2 is 2.00 bits per heavy atom. The van der Waals surface area contributed by atoms with E-state index in [2.05, 4.69) is 17.6 Å². The predicted molar refractivity (Wildman–Crippen MR) is 79.6 cm³/mol. The SMILES string of the molecule is NNc1c2c(nc3c4c(ccc13)CCCC4)CCOC2. The number of nitrogens with zero attached hydrogens (tertiary/aromatic N) is 1. The second-order valence-corrected chi connectivity index (χ2v) is 5.67. The van der Waals surface area contributed by atoms with Gasteiger partial charge in [-0.2, -0.15) is 0 Å². The number of hydrogen-bond donors (Lipinski definition) is 2. The zero-order valence-corrected chi connectivity index (χ0v) is 11.5. The molecule has 0 saturated carbocycles. The Kier molecular flexibility index (Phi) is 2.86. The molecule has 4 heteroatoms. The van der Waals surface area contributed by atoms with Gasteiger partial charge in [-0.1, -0.05) is 12.1 Å². The van der Waals surface area contributed by atoms with Crippen LogP contribution in [0, 0.1) is 0 Å². The predicted octanol–water partition coefficient (Wildman–Crippen LogP) is 2.47. The maximum Gasteiger partial charge on any atom is 0.0761 e. The number of hydrazine groups is 1. The fourth-order valence-corrected chi connectivity index (χ4v) is 3.52. The van der Waals surface area contributed by atoms with Crippen LogP contribution in [0.25, 0.3) is 10.9 Å². The number of benzene rings is 1. The summed E-state index contributed by atoms with van der Waals surface area (Å²) in [7, 11) is 0. The largest absolute Gasteiger partial charge is 0.376 e. The summed E-state index contributed by atoms with van der Waals surface area (Å²) < 4.78 is 5.56. The molecule has 2 aliphatic rings. The van der Waals surface area contributed by atoms with E-state index in [-0.39, 0.29) is 0 Å². The summed E-state index contributed by atoms with van der Waals surface area (Å²) in [5.41, 5.74) is 10.2. The summed E-state index contributed by atoms with van der Waals surface area (Å²) in [4.78, 5) is 4.96. The Balaban J connectivity index is 2.04. The first-order valence-electron chi connectivity index (χ1n) is 7.39. The van der Waals surface area contributed by atoms with E-state index in [1.165, 1.54) is 30.4 Å². The van der Waals surface area contributed by atoms with Crippen LogP contribution < -0.4 is 11.3 Å². The summed E-state index contributed by atoms with van der Waals surface area (Å²) in [5, 5.41) is 1.14. The van der Waals surface area contributed by atoms with Crippen LogP contribution in [0.3, 0.4) is 0 Å². The highest BCUT2D eigenvalue weighted by Crippen LogP contribution is 2.35. The van der Waals surface area contributed by atoms with Crippen molar-refractivity contribution in [3.8, 4) is 0 Å². The molecule has 2 aromatic rings. The highest BCUT2D eigenvalue weighted by Gasteiger charge is 2.21. The van der Waals surface area contributed by atoms with Gasteiger partial charge in [0.05, 0.1) is 30.1 Å². The number of pyridine rings is 1. The molecule has 0 saturated heterocycles. The van der Waals surface area contributed by atoms with Crippen molar-refractivity contribution in [2.75, 3.05) is 12.0 Å². The van der Waals surface area contributed by atoms with Gasteiger partial charge in [0.2, 0.25) is 0 Å². The zero-order valence-electron chi connectivity index (χ0n) is 11.5. The normalized spacial score (nSPS) is 17.6. The van der Waals surface area contributed by atoms with Gasteiger partial charge < -0.3 is 10.2 Å². The van der Waals surface area contributed by atoms with Gasteiger partial charge in [-0.3, -0.25) is 10.8 Å². The van der Waals surface area contributed by atoms with Crippen molar-refractivity contribution in [1.29, 1.82) is 0 Å². The van der Waals surface area contributed by atoms with Gasteiger partial charge in [-0.15, -0.1) is 0 Å². The van der Waals surface area contributed by atoms with Crippen molar-refractivity contribution in [1.82, 2.24) is 4.98 Å². The number of nitrogens with one attached hydrogen (secondary N) is 1. The maximum atomic E-state index is 5.78. The molecule has 0 atom stereocenters. The summed E-state index contributed by atoms with van der Waals surface area (Å²) in [6.07, 6.45) is 5.75. The molecular formula is C16H19N3O. The summed E-state index contributed by atoms with van der Waals surface area (Å²) in [6, 6.07) is 4.41. The third-order valence-electron chi connectivity index (χ3n) is 4.54. The van der Waals surface area contributed by atoms with E-state index >= 15 is 0 Å². The Morgan fingerprint density at radius 3 is 2.90 bits per heavy atom. The molecule has 3 N–H and O–H groups in total. The van der Waals surface area contributed by atoms with E-state index in [1.807, 2.05) is 0 Å². The third-order valence-corrected chi connectivity index (χ3v) is 4.54. The summed E-state index contributed by atoms with van der Waals surface area (Å²) >= 11 is 0. The molecule has 0 unspecified atom stereocenters. The highest BCUT2D eigenvalue weighted by atomic mass is 16.5. The minimum absolute atomic E-state index is 0.606. The first-order chi connectivity index (χ1) is 9.88. The average molecular weight is 269 g/mol. The van der Waals surface area contributed by atoms with E-state index in [9.17, 15) is 0 Å². The van der Waals surface area contributed by atoms with E-state index < -0.39 is 0 Å². The highest BCUT2D eigenvalue weighted by molar-refractivity contribution is 5.95. The van der Waals surface area contributed by atoms with Crippen molar-refractivity contribution in [2.24, 2.45) is 5.84 Å². The Hall–Kier alpha value is -1.65. The fraction of sp³-hybridized carbons (Fsp3) is 0.438. The van der Waals surface area contributed by atoms with Gasteiger partial charge in [-0.05, 0) is 36.8 Å². The number of rotatable bonds is 1. The lowest BCUT2D eigenvalue weighted by Crippen LogP contribution is -2.18. The molecule has 0 spiro atoms. The molecule has 2 heterocycles. The van der Waals surface area contributed by atoms with Crippen LogP contribution in [-0.4, -0.2) is 11.6 Å². The van der Waals surface area contributed by atoms with Crippen molar-refractivity contribution >= 4 is 16.6 Å². The maximum absolute atomic E-state index is 5.78. The molecule has 1 aliphatic carbocycles. The smallest absolute Gasteiger partial charge is 0.0761 e. The van der Waals surface area contributed by atoms with Crippen molar-refractivity contribution in [3.63, 3.8) is 0 Å². The van der Waals surface area contributed by atoms with Crippen molar-refractivity contribution < 1.29 is 4.74 Å². The summed E-state index contributed by atoms with van der Waals surface area (Å²) in [5.74, 6) is 5.78. The number of ether oxygens (including phenoxy) is 1. The van der Waals surface area contributed by atoms with E-state index in [1.54, 1.807) is 0 Å². The second kappa shape index (κ2) is 4.72. The number of anilines is 1. The monoisotopic (exact) mass is 269 g/mol. The molecule has 0 fully saturated rings. The van der Waals surface area contributed by atoms with Crippen molar-refractivity contribution in [3.05, 3.63) is 34.5 Å². The molecule has 1 aromatic carbocycles. The Morgan fingerprint density at radius 1 is 1.10 bits per heavy atom. The fourth-order valence-electron chi connectivity index (χ4n) is 3.52. The zero-order chi connectivity index (χ0) is 13.5. The molecule has 104 valence electrons. The van der Waals surface area contributed by atoms with Gasteiger partial charge in [0.25, 0.3) is 0 Å². The Bertz CT molecular complexity index is 681. The van der Waals surface area contributed by atoms with Gasteiger partial charge in [0, 0.05) is 17.4 Å². The third kappa shape index (κ3) is 1.72. The molecule has 0 bridgehead atoms. The number of aromatic nitrogens is 1. The lowest BCUT2D eigenvalue weighted by molar-refractivity contribution is 0.110. The average Bonchev–Trinajstić information content (AvgIpc) is 2.52. The minimum atomic E-state index is 0.606. The van der Waals surface area contributed by atoms with Gasteiger partial charge in [0.1, 0.15) is 0 Å².